The highest BCUT2D eigenvalue weighted by molar-refractivity contribution is 5.85. The van der Waals surface area contributed by atoms with Crippen molar-refractivity contribution in [2.24, 2.45) is 11.1 Å². The molecule has 0 spiro atoms. The second-order valence-corrected chi connectivity index (χ2v) is 5.89. The number of nitrogens with zero attached hydrogens (tertiary/aromatic N) is 1. The number of halogens is 1. The predicted molar refractivity (Wildman–Crippen MR) is 93.1 cm³/mol. The fourth-order valence-corrected chi connectivity index (χ4v) is 2.97. The van der Waals surface area contributed by atoms with E-state index in [2.05, 4.69) is 0 Å². The first kappa shape index (κ1) is 19.7. The van der Waals surface area contributed by atoms with Crippen molar-refractivity contribution in [3.8, 4) is 5.75 Å². The number of para-hydroxylation sites is 1. The Labute approximate surface area is 144 Å². The van der Waals surface area contributed by atoms with Gasteiger partial charge in [0, 0.05) is 33.4 Å². The third kappa shape index (κ3) is 4.59. The number of amides is 1. The number of likely N-dealkylation sites (N-methyl/N-ethyl adjacent to an activating group) is 1. The molecule has 1 aromatic rings. The average Bonchev–Trinajstić information content (AvgIpc) is 2.59. The van der Waals surface area contributed by atoms with Gasteiger partial charge in [-0.25, -0.2) is 0 Å². The molecule has 0 aromatic heterocycles. The van der Waals surface area contributed by atoms with Crippen LogP contribution in [0, 0.1) is 5.41 Å². The zero-order chi connectivity index (χ0) is 16.0. The summed E-state index contributed by atoms with van der Waals surface area (Å²) in [5.41, 5.74) is 6.57. The van der Waals surface area contributed by atoms with Crippen LogP contribution in [0.15, 0.2) is 24.3 Å². The molecule has 6 heteroatoms. The summed E-state index contributed by atoms with van der Waals surface area (Å²) in [6.07, 6.45) is 2.19. The molecule has 1 aromatic carbocycles. The van der Waals surface area contributed by atoms with Gasteiger partial charge in [-0.15, -0.1) is 12.4 Å². The van der Waals surface area contributed by atoms with Crippen molar-refractivity contribution in [1.29, 1.82) is 0 Å². The number of benzene rings is 1. The maximum atomic E-state index is 12.8. The molecule has 5 nitrogen and oxygen atoms in total. The van der Waals surface area contributed by atoms with E-state index < -0.39 is 5.41 Å². The number of nitrogens with two attached hydrogens (primary N) is 1. The molecule has 0 radical (unpaired) electrons. The zero-order valence-corrected chi connectivity index (χ0v) is 14.7. The van der Waals surface area contributed by atoms with Crippen molar-refractivity contribution in [2.45, 2.75) is 19.3 Å². The van der Waals surface area contributed by atoms with Crippen molar-refractivity contribution in [1.82, 2.24) is 4.90 Å². The number of ether oxygens (including phenoxy) is 2. The Morgan fingerprint density at radius 1 is 1.35 bits per heavy atom. The summed E-state index contributed by atoms with van der Waals surface area (Å²) in [6.45, 7) is 2.27. The normalized spacial score (nSPS) is 16.3. The predicted octanol–water partition coefficient (Wildman–Crippen LogP) is 1.87. The van der Waals surface area contributed by atoms with E-state index >= 15 is 0 Å². The highest BCUT2D eigenvalue weighted by atomic mass is 35.5. The molecule has 130 valence electrons. The molecule has 1 saturated heterocycles. The summed E-state index contributed by atoms with van der Waals surface area (Å²) in [5.74, 6) is 0.996. The molecule has 0 bridgehead atoms. The van der Waals surface area contributed by atoms with Crippen molar-refractivity contribution in [3.05, 3.63) is 29.8 Å². The van der Waals surface area contributed by atoms with Gasteiger partial charge in [-0.2, -0.15) is 0 Å². The van der Waals surface area contributed by atoms with Gasteiger partial charge in [0.15, 0.2) is 0 Å². The molecule has 0 unspecified atom stereocenters. The van der Waals surface area contributed by atoms with Gasteiger partial charge in [-0.3, -0.25) is 4.79 Å². The van der Waals surface area contributed by atoms with Crippen LogP contribution in [0.2, 0.25) is 0 Å². The summed E-state index contributed by atoms with van der Waals surface area (Å²) in [7, 11) is 3.52. The highest BCUT2D eigenvalue weighted by Crippen LogP contribution is 2.31. The summed E-state index contributed by atoms with van der Waals surface area (Å²) >= 11 is 0. The summed E-state index contributed by atoms with van der Waals surface area (Å²) in [6, 6.07) is 7.91. The van der Waals surface area contributed by atoms with Crippen molar-refractivity contribution < 1.29 is 14.3 Å². The minimum atomic E-state index is -0.451. The quantitative estimate of drug-likeness (QED) is 0.857. The number of hydrogen-bond acceptors (Lipinski definition) is 4. The SMILES string of the molecule is COc1ccccc1CCN(C)C(=O)C1(CN)CCOCC1.Cl. The molecule has 0 saturated carbocycles. The fourth-order valence-electron chi connectivity index (χ4n) is 2.97. The summed E-state index contributed by atoms with van der Waals surface area (Å²) in [5, 5.41) is 0. The topological polar surface area (TPSA) is 64.8 Å². The Hall–Kier alpha value is -1.30. The van der Waals surface area contributed by atoms with Crippen LogP contribution in [0.4, 0.5) is 0 Å². The second kappa shape index (κ2) is 9.11. The fraction of sp³-hybridized carbons (Fsp3) is 0.588. The number of carbonyl (C=O) groups is 1. The first-order valence-electron chi connectivity index (χ1n) is 7.78. The lowest BCUT2D eigenvalue weighted by molar-refractivity contribution is -0.145. The minimum Gasteiger partial charge on any atom is -0.496 e. The van der Waals surface area contributed by atoms with Crippen LogP contribution in [0.1, 0.15) is 18.4 Å². The van der Waals surface area contributed by atoms with Gasteiger partial charge in [0.2, 0.25) is 5.91 Å². The third-order valence-corrected chi connectivity index (χ3v) is 4.55. The lowest BCUT2D eigenvalue weighted by atomic mass is 9.79. The molecular weight excluding hydrogens is 316 g/mol. The first-order valence-corrected chi connectivity index (χ1v) is 7.78. The largest absolute Gasteiger partial charge is 0.496 e. The van der Waals surface area contributed by atoms with Crippen LogP contribution < -0.4 is 10.5 Å². The molecule has 23 heavy (non-hydrogen) atoms. The number of carbonyl (C=O) groups excluding carboxylic acids is 1. The molecule has 1 fully saturated rings. The lowest BCUT2D eigenvalue weighted by Crippen LogP contribution is -2.50. The van der Waals surface area contributed by atoms with Gasteiger partial charge < -0.3 is 20.1 Å². The van der Waals surface area contributed by atoms with Crippen LogP contribution in [-0.2, 0) is 16.0 Å². The van der Waals surface area contributed by atoms with Gasteiger partial charge >= 0.3 is 0 Å². The molecule has 0 aliphatic carbocycles. The van der Waals surface area contributed by atoms with Crippen molar-refractivity contribution in [2.75, 3.05) is 40.5 Å². The molecule has 0 atom stereocenters. The van der Waals surface area contributed by atoms with E-state index in [1.165, 1.54) is 0 Å². The van der Waals surface area contributed by atoms with E-state index in [0.717, 1.165) is 17.7 Å². The lowest BCUT2D eigenvalue weighted by Gasteiger charge is -2.37. The van der Waals surface area contributed by atoms with E-state index in [1.54, 1.807) is 12.0 Å². The number of methoxy groups -OCH3 is 1. The van der Waals surface area contributed by atoms with Gasteiger partial charge in [0.1, 0.15) is 5.75 Å². The van der Waals surface area contributed by atoms with Crippen LogP contribution in [0.25, 0.3) is 0 Å². The molecule has 2 N–H and O–H groups in total. The van der Waals surface area contributed by atoms with Crippen LogP contribution in [0.3, 0.4) is 0 Å². The Morgan fingerprint density at radius 3 is 2.61 bits per heavy atom. The van der Waals surface area contributed by atoms with Crippen LogP contribution in [0.5, 0.6) is 5.75 Å². The second-order valence-electron chi connectivity index (χ2n) is 5.89. The van der Waals surface area contributed by atoms with Crippen LogP contribution in [-0.4, -0.2) is 51.3 Å². The van der Waals surface area contributed by atoms with Crippen LogP contribution >= 0.6 is 12.4 Å². The Balaban J connectivity index is 0.00000264. The molecule has 1 amide bonds. The van der Waals surface area contributed by atoms with E-state index in [-0.39, 0.29) is 18.3 Å². The Morgan fingerprint density at radius 2 is 2.00 bits per heavy atom. The average molecular weight is 343 g/mol. The zero-order valence-electron chi connectivity index (χ0n) is 13.9. The van der Waals surface area contributed by atoms with Gasteiger partial charge in [-0.05, 0) is 30.9 Å². The first-order chi connectivity index (χ1) is 10.6. The Bertz CT molecular complexity index is 504. The molecule has 1 aliphatic heterocycles. The van der Waals surface area contributed by atoms with Crippen molar-refractivity contribution >= 4 is 18.3 Å². The van der Waals surface area contributed by atoms with E-state index in [4.69, 9.17) is 15.2 Å². The molecular formula is C17H27ClN2O3. The van der Waals surface area contributed by atoms with E-state index in [0.29, 0.717) is 39.1 Å². The van der Waals surface area contributed by atoms with Gasteiger partial charge in [-0.1, -0.05) is 18.2 Å². The summed E-state index contributed by atoms with van der Waals surface area (Å²) < 4.78 is 10.7. The van der Waals surface area contributed by atoms with E-state index in [9.17, 15) is 4.79 Å². The smallest absolute Gasteiger partial charge is 0.229 e. The number of rotatable bonds is 6. The van der Waals surface area contributed by atoms with Gasteiger partial charge in [0.25, 0.3) is 0 Å². The number of hydrogen-bond donors (Lipinski definition) is 1. The van der Waals surface area contributed by atoms with Gasteiger partial charge in [0.05, 0.1) is 12.5 Å². The highest BCUT2D eigenvalue weighted by Gasteiger charge is 2.40. The maximum absolute atomic E-state index is 12.8. The molecule has 2 rings (SSSR count). The molecule has 1 aliphatic rings. The minimum absolute atomic E-state index is 0. The maximum Gasteiger partial charge on any atom is 0.229 e. The summed E-state index contributed by atoms with van der Waals surface area (Å²) in [4.78, 5) is 14.6. The monoisotopic (exact) mass is 342 g/mol. The van der Waals surface area contributed by atoms with Crippen molar-refractivity contribution in [3.63, 3.8) is 0 Å². The molecule has 1 heterocycles. The van der Waals surface area contributed by atoms with E-state index in [1.807, 2.05) is 31.3 Å². The standard InChI is InChI=1S/C17H26N2O3.ClH/c1-19(10-7-14-5-3-4-6-15(14)21-2)16(20)17(13-18)8-11-22-12-9-17;/h3-6H,7-13,18H2,1-2H3;1H. The third-order valence-electron chi connectivity index (χ3n) is 4.55. The Kier molecular flexibility index (Phi) is 7.82.